The molecule has 0 bridgehead atoms. The Morgan fingerprint density at radius 3 is 2.50 bits per heavy atom. The van der Waals surface area contributed by atoms with Crippen LogP contribution < -0.4 is 10.1 Å². The second-order valence-electron chi connectivity index (χ2n) is 10.3. The molecule has 196 valence electrons. The number of ketones is 1. The van der Waals surface area contributed by atoms with Crippen molar-refractivity contribution in [3.05, 3.63) is 99.5 Å². The largest absolute Gasteiger partial charge is 0.494 e. The summed E-state index contributed by atoms with van der Waals surface area (Å²) in [5, 5.41) is 5.67. The zero-order chi connectivity index (χ0) is 26.6. The molecule has 0 fully saturated rings. The van der Waals surface area contributed by atoms with Crippen molar-refractivity contribution in [1.82, 2.24) is 5.32 Å². The first-order chi connectivity index (χ1) is 18.5. The van der Waals surface area contributed by atoms with Gasteiger partial charge in [-0.15, -0.1) is 0 Å². The van der Waals surface area contributed by atoms with Crippen LogP contribution in [0.4, 0.5) is 0 Å². The average molecular weight is 571 g/mol. The average Bonchev–Trinajstić information content (AvgIpc) is 3.27. The van der Waals surface area contributed by atoms with E-state index in [1.165, 1.54) is 33.2 Å². The van der Waals surface area contributed by atoms with Crippen LogP contribution in [0.1, 0.15) is 78.9 Å². The number of carbonyl (C=O) groups excluding carboxylic acids is 1. The van der Waals surface area contributed by atoms with Gasteiger partial charge < -0.3 is 10.1 Å². The third kappa shape index (κ3) is 5.30. The Morgan fingerprint density at radius 1 is 0.974 bits per heavy atom. The smallest absolute Gasteiger partial charge is 0.162 e. The fourth-order valence-electron chi connectivity index (χ4n) is 5.70. The zero-order valence-electron chi connectivity index (χ0n) is 22.5. The van der Waals surface area contributed by atoms with E-state index in [1.54, 1.807) is 0 Å². The standard InChI is InChI=1S/C34H36BrNO2/c1-4-6-7-32(37)24-11-15-28-23(20-24)10-16-30-29-17-12-25(35)21-31(29)33(34(28)30)22-8-13-27(14-9-22)38-19-18-26(5-2)36-3/h8-17,20-21,26,33,36H,4-7,18-19H2,1-3H3. The summed E-state index contributed by atoms with van der Waals surface area (Å²) in [5.74, 6) is 1.25. The lowest BCUT2D eigenvalue weighted by molar-refractivity contribution is 0.0980. The minimum Gasteiger partial charge on any atom is -0.494 e. The van der Waals surface area contributed by atoms with E-state index in [-0.39, 0.29) is 11.7 Å². The molecular weight excluding hydrogens is 534 g/mol. The molecule has 0 aromatic heterocycles. The van der Waals surface area contributed by atoms with E-state index in [1.807, 2.05) is 13.1 Å². The number of fused-ring (bicyclic) bond motifs is 5. The molecule has 2 atom stereocenters. The van der Waals surface area contributed by atoms with Crippen LogP contribution in [0.25, 0.3) is 21.9 Å². The molecule has 1 aliphatic carbocycles. The Balaban J connectivity index is 1.51. The SMILES string of the molecule is CCCCC(=O)c1ccc2c3c(ccc2c1)-c1ccc(Br)cc1C3c1ccc(OCCC(CC)NC)cc1. The van der Waals surface area contributed by atoms with Gasteiger partial charge in [0, 0.05) is 28.4 Å². The van der Waals surface area contributed by atoms with Gasteiger partial charge in [0.25, 0.3) is 0 Å². The fraction of sp³-hybridized carbons (Fsp3) is 0.324. The Bertz CT molecular complexity index is 1440. The predicted octanol–water partition coefficient (Wildman–Crippen LogP) is 8.90. The number of carbonyl (C=O) groups is 1. The summed E-state index contributed by atoms with van der Waals surface area (Å²) in [4.78, 5) is 12.7. The van der Waals surface area contributed by atoms with Crippen LogP contribution in [0.5, 0.6) is 5.75 Å². The van der Waals surface area contributed by atoms with Crippen LogP contribution in [0.2, 0.25) is 0 Å². The summed E-state index contributed by atoms with van der Waals surface area (Å²) in [7, 11) is 2.01. The molecule has 0 saturated heterocycles. The third-order valence-electron chi connectivity index (χ3n) is 7.89. The minimum atomic E-state index is 0.116. The van der Waals surface area contributed by atoms with Gasteiger partial charge in [-0.25, -0.2) is 0 Å². The molecular formula is C34H36BrNO2. The summed E-state index contributed by atoms with van der Waals surface area (Å²) in [5.41, 5.74) is 7.22. The van der Waals surface area contributed by atoms with Crippen LogP contribution in [0.3, 0.4) is 0 Å². The van der Waals surface area contributed by atoms with Crippen molar-refractivity contribution in [3.63, 3.8) is 0 Å². The number of hydrogen-bond donors (Lipinski definition) is 1. The summed E-state index contributed by atoms with van der Waals surface area (Å²) in [6, 6.07) is 26.3. The molecule has 4 heteroatoms. The van der Waals surface area contributed by atoms with E-state index in [9.17, 15) is 4.79 Å². The molecule has 0 spiro atoms. The van der Waals surface area contributed by atoms with Crippen LogP contribution in [-0.2, 0) is 0 Å². The number of ether oxygens (including phenoxy) is 1. The van der Waals surface area contributed by atoms with E-state index in [4.69, 9.17) is 4.74 Å². The van der Waals surface area contributed by atoms with Gasteiger partial charge in [0.15, 0.2) is 5.78 Å². The maximum atomic E-state index is 12.7. The van der Waals surface area contributed by atoms with Gasteiger partial charge >= 0.3 is 0 Å². The van der Waals surface area contributed by atoms with Gasteiger partial charge in [-0.3, -0.25) is 4.79 Å². The van der Waals surface area contributed by atoms with Gasteiger partial charge in [0.1, 0.15) is 5.75 Å². The number of benzene rings is 4. The minimum absolute atomic E-state index is 0.116. The molecule has 2 unspecified atom stereocenters. The quantitative estimate of drug-likeness (QED) is 0.161. The van der Waals surface area contributed by atoms with E-state index in [0.717, 1.165) is 46.9 Å². The lowest BCUT2D eigenvalue weighted by Gasteiger charge is -2.18. The Hall–Kier alpha value is -2.95. The molecule has 1 aliphatic rings. The molecule has 3 nitrogen and oxygen atoms in total. The Labute approximate surface area is 234 Å². The van der Waals surface area contributed by atoms with Crippen molar-refractivity contribution in [3.8, 4) is 16.9 Å². The van der Waals surface area contributed by atoms with Gasteiger partial charge in [-0.2, -0.15) is 0 Å². The second kappa shape index (κ2) is 11.8. The maximum Gasteiger partial charge on any atom is 0.162 e. The number of unbranched alkanes of at least 4 members (excludes halogenated alkanes) is 1. The van der Waals surface area contributed by atoms with Crippen molar-refractivity contribution in [1.29, 1.82) is 0 Å². The summed E-state index contributed by atoms with van der Waals surface area (Å²) < 4.78 is 7.15. The molecule has 38 heavy (non-hydrogen) atoms. The summed E-state index contributed by atoms with van der Waals surface area (Å²) in [6.07, 6.45) is 4.65. The molecule has 0 saturated carbocycles. The molecule has 5 rings (SSSR count). The van der Waals surface area contributed by atoms with Gasteiger partial charge in [-0.1, -0.05) is 78.7 Å². The molecule has 4 aromatic carbocycles. The summed E-state index contributed by atoms with van der Waals surface area (Å²) >= 11 is 3.71. The Morgan fingerprint density at radius 2 is 1.76 bits per heavy atom. The number of Topliss-reactive ketones (excluding diaryl/α,β-unsaturated/α-hetero) is 1. The lowest BCUT2D eigenvalue weighted by Crippen LogP contribution is -2.26. The number of nitrogens with one attached hydrogen (secondary N) is 1. The lowest BCUT2D eigenvalue weighted by atomic mass is 9.86. The highest BCUT2D eigenvalue weighted by Crippen LogP contribution is 2.51. The van der Waals surface area contributed by atoms with E-state index >= 15 is 0 Å². The number of hydrogen-bond acceptors (Lipinski definition) is 3. The van der Waals surface area contributed by atoms with Crippen molar-refractivity contribution in [2.75, 3.05) is 13.7 Å². The fourth-order valence-corrected chi connectivity index (χ4v) is 6.08. The summed E-state index contributed by atoms with van der Waals surface area (Å²) in [6.45, 7) is 5.02. The normalized spacial score (nSPS) is 14.8. The molecule has 0 amide bonds. The van der Waals surface area contributed by atoms with Crippen LogP contribution in [0.15, 0.2) is 77.3 Å². The molecule has 0 heterocycles. The second-order valence-corrected chi connectivity index (χ2v) is 11.2. The van der Waals surface area contributed by atoms with Crippen molar-refractivity contribution in [2.45, 2.75) is 57.9 Å². The first-order valence-electron chi connectivity index (χ1n) is 13.8. The van der Waals surface area contributed by atoms with Gasteiger partial charge in [-0.05, 0) is 95.2 Å². The van der Waals surface area contributed by atoms with E-state index in [0.29, 0.717) is 19.1 Å². The van der Waals surface area contributed by atoms with E-state index < -0.39 is 0 Å². The van der Waals surface area contributed by atoms with Crippen molar-refractivity contribution in [2.24, 2.45) is 0 Å². The zero-order valence-corrected chi connectivity index (χ0v) is 24.1. The van der Waals surface area contributed by atoms with Crippen LogP contribution in [-0.4, -0.2) is 25.5 Å². The van der Waals surface area contributed by atoms with Gasteiger partial charge in [0.2, 0.25) is 0 Å². The van der Waals surface area contributed by atoms with Crippen LogP contribution in [0, 0.1) is 0 Å². The topological polar surface area (TPSA) is 38.3 Å². The Kier molecular flexibility index (Phi) is 8.30. The number of rotatable bonds is 11. The highest BCUT2D eigenvalue weighted by molar-refractivity contribution is 9.10. The van der Waals surface area contributed by atoms with Crippen LogP contribution >= 0.6 is 15.9 Å². The van der Waals surface area contributed by atoms with E-state index in [2.05, 4.69) is 102 Å². The molecule has 0 radical (unpaired) electrons. The first kappa shape index (κ1) is 26.6. The first-order valence-corrected chi connectivity index (χ1v) is 14.6. The number of halogens is 1. The monoisotopic (exact) mass is 569 g/mol. The molecule has 1 N–H and O–H groups in total. The molecule has 4 aromatic rings. The highest BCUT2D eigenvalue weighted by Gasteiger charge is 2.32. The molecule has 0 aliphatic heterocycles. The van der Waals surface area contributed by atoms with Crippen molar-refractivity contribution >= 4 is 32.5 Å². The van der Waals surface area contributed by atoms with Gasteiger partial charge in [0.05, 0.1) is 6.61 Å². The third-order valence-corrected chi connectivity index (χ3v) is 8.39. The predicted molar refractivity (Wildman–Crippen MR) is 162 cm³/mol. The maximum absolute atomic E-state index is 12.7. The van der Waals surface area contributed by atoms with Crippen molar-refractivity contribution < 1.29 is 9.53 Å². The highest BCUT2D eigenvalue weighted by atomic mass is 79.9.